The van der Waals surface area contributed by atoms with Crippen molar-refractivity contribution >= 4 is 22.9 Å². The van der Waals surface area contributed by atoms with Gasteiger partial charge in [0.05, 0.1) is 28.8 Å². The molecule has 0 atom stereocenters. The standard InChI is InChI=1S/C35H31F2N3O3/c36-28-13-10-24(11-14-28)34-31(9-2-5-22-4-1-6-23(16-22)17-33(41)42)38-32-19-26(12-15-30(32)39-34)35(43)40-20-27(21-40)25-7-3-8-29(37)18-25/h1,4,6-7,10-16,18-19,27H,2-3,5,8-9,17,20-21H2,(H,41,42). The molecule has 6 rings (SSSR count). The third-order valence-corrected chi connectivity index (χ3v) is 8.05. The molecule has 1 fully saturated rings. The summed E-state index contributed by atoms with van der Waals surface area (Å²) in [5.41, 5.74) is 6.70. The Labute approximate surface area is 248 Å². The Bertz CT molecular complexity index is 1760. The minimum Gasteiger partial charge on any atom is -0.481 e. The summed E-state index contributed by atoms with van der Waals surface area (Å²) in [4.78, 5) is 36.0. The zero-order chi connectivity index (χ0) is 29.9. The molecule has 4 aromatic rings. The van der Waals surface area contributed by atoms with Crippen molar-refractivity contribution in [3.63, 3.8) is 0 Å². The minimum absolute atomic E-state index is 0.0225. The van der Waals surface area contributed by atoms with Crippen LogP contribution in [0.3, 0.4) is 0 Å². The Morgan fingerprint density at radius 2 is 1.70 bits per heavy atom. The van der Waals surface area contributed by atoms with Crippen LogP contribution in [-0.4, -0.2) is 44.9 Å². The van der Waals surface area contributed by atoms with Crippen molar-refractivity contribution in [2.45, 2.75) is 38.5 Å². The predicted molar refractivity (Wildman–Crippen MR) is 161 cm³/mol. The Morgan fingerprint density at radius 1 is 0.907 bits per heavy atom. The van der Waals surface area contributed by atoms with Gasteiger partial charge in [-0.1, -0.05) is 30.3 Å². The number of nitrogens with zero attached hydrogens (tertiary/aromatic N) is 3. The number of hydrogen-bond acceptors (Lipinski definition) is 4. The molecule has 1 aliphatic heterocycles. The molecule has 43 heavy (non-hydrogen) atoms. The van der Waals surface area contributed by atoms with E-state index < -0.39 is 5.97 Å². The van der Waals surface area contributed by atoms with E-state index >= 15 is 0 Å². The van der Waals surface area contributed by atoms with Gasteiger partial charge in [-0.15, -0.1) is 0 Å². The van der Waals surface area contributed by atoms with Gasteiger partial charge in [-0.2, -0.15) is 0 Å². The van der Waals surface area contributed by atoms with E-state index in [1.807, 2.05) is 24.3 Å². The molecule has 0 saturated carbocycles. The van der Waals surface area contributed by atoms with Gasteiger partial charge in [-0.05, 0) is 90.9 Å². The summed E-state index contributed by atoms with van der Waals surface area (Å²) in [6, 6.07) is 19.1. The summed E-state index contributed by atoms with van der Waals surface area (Å²) in [7, 11) is 0. The topological polar surface area (TPSA) is 83.4 Å². The predicted octanol–water partition coefficient (Wildman–Crippen LogP) is 6.88. The summed E-state index contributed by atoms with van der Waals surface area (Å²) in [6.07, 6.45) is 6.84. The number of allylic oxidation sites excluding steroid dienone is 3. The Kier molecular flexibility index (Phi) is 8.09. The SMILES string of the molecule is O=C(O)Cc1cccc(CCCc2nc3cc(C(=O)N4CC(C5=CCCC(F)=C5)C4)ccc3nc2-c2ccc(F)cc2)c1. The molecule has 0 spiro atoms. The van der Waals surface area contributed by atoms with Gasteiger partial charge in [-0.3, -0.25) is 9.59 Å². The van der Waals surface area contributed by atoms with Crippen molar-refractivity contribution in [2.24, 2.45) is 5.92 Å². The molecule has 1 N–H and O–H groups in total. The second-order valence-electron chi connectivity index (χ2n) is 11.2. The first-order valence-corrected chi connectivity index (χ1v) is 14.5. The van der Waals surface area contributed by atoms with E-state index in [1.165, 1.54) is 12.1 Å². The lowest BCUT2D eigenvalue weighted by atomic mass is 9.87. The summed E-state index contributed by atoms with van der Waals surface area (Å²) >= 11 is 0. The molecule has 1 amide bonds. The summed E-state index contributed by atoms with van der Waals surface area (Å²) < 4.78 is 27.4. The molecule has 1 aromatic heterocycles. The number of amides is 1. The second kappa shape index (κ2) is 12.3. The number of likely N-dealkylation sites (tertiary alicyclic amines) is 1. The van der Waals surface area contributed by atoms with E-state index in [4.69, 9.17) is 15.1 Å². The van der Waals surface area contributed by atoms with E-state index in [1.54, 1.807) is 41.3 Å². The number of benzene rings is 3. The fraction of sp³-hybridized carbons (Fsp3) is 0.257. The van der Waals surface area contributed by atoms with Crippen LogP contribution in [0.1, 0.15) is 46.4 Å². The zero-order valence-corrected chi connectivity index (χ0v) is 23.6. The number of hydrogen-bond donors (Lipinski definition) is 1. The molecule has 1 saturated heterocycles. The number of aliphatic carboxylic acids is 1. The molecule has 3 aromatic carbocycles. The van der Waals surface area contributed by atoms with Crippen LogP contribution in [0.2, 0.25) is 0 Å². The van der Waals surface area contributed by atoms with Crippen LogP contribution in [0.15, 0.2) is 90.3 Å². The molecular weight excluding hydrogens is 548 g/mol. The highest BCUT2D eigenvalue weighted by Crippen LogP contribution is 2.32. The highest BCUT2D eigenvalue weighted by atomic mass is 19.1. The third-order valence-electron chi connectivity index (χ3n) is 8.05. The van der Waals surface area contributed by atoms with Crippen molar-refractivity contribution in [3.8, 4) is 11.3 Å². The smallest absolute Gasteiger partial charge is 0.307 e. The molecule has 218 valence electrons. The normalized spacial score (nSPS) is 15.2. The van der Waals surface area contributed by atoms with Gasteiger partial charge in [0.1, 0.15) is 11.6 Å². The van der Waals surface area contributed by atoms with Crippen LogP contribution >= 0.6 is 0 Å². The number of fused-ring (bicyclic) bond motifs is 1. The van der Waals surface area contributed by atoms with E-state index in [-0.39, 0.29) is 29.9 Å². The Hall–Kier alpha value is -4.72. The first-order chi connectivity index (χ1) is 20.8. The minimum atomic E-state index is -0.867. The Balaban J connectivity index is 1.22. The molecule has 2 heterocycles. The van der Waals surface area contributed by atoms with Crippen molar-refractivity contribution in [1.29, 1.82) is 0 Å². The molecule has 0 radical (unpaired) electrons. The lowest BCUT2D eigenvalue weighted by Gasteiger charge is -2.40. The first kappa shape index (κ1) is 28.4. The van der Waals surface area contributed by atoms with Gasteiger partial charge < -0.3 is 10.0 Å². The van der Waals surface area contributed by atoms with Crippen molar-refractivity contribution in [1.82, 2.24) is 14.9 Å². The van der Waals surface area contributed by atoms with E-state index in [0.29, 0.717) is 54.6 Å². The van der Waals surface area contributed by atoms with Gasteiger partial charge in [0.25, 0.3) is 5.91 Å². The fourth-order valence-corrected chi connectivity index (χ4v) is 5.78. The van der Waals surface area contributed by atoms with Gasteiger partial charge in [0.2, 0.25) is 0 Å². The maximum absolute atomic E-state index is 13.7. The molecule has 6 nitrogen and oxygen atoms in total. The molecule has 1 aliphatic carbocycles. The lowest BCUT2D eigenvalue weighted by molar-refractivity contribution is -0.136. The van der Waals surface area contributed by atoms with E-state index in [0.717, 1.165) is 40.8 Å². The summed E-state index contributed by atoms with van der Waals surface area (Å²) in [5, 5.41) is 9.12. The number of aryl methyl sites for hydroxylation is 2. The van der Waals surface area contributed by atoms with Crippen molar-refractivity contribution < 1.29 is 23.5 Å². The second-order valence-corrected chi connectivity index (χ2v) is 11.2. The number of rotatable bonds is 9. The van der Waals surface area contributed by atoms with Crippen molar-refractivity contribution in [2.75, 3.05) is 13.1 Å². The number of aromatic nitrogens is 2. The summed E-state index contributed by atoms with van der Waals surface area (Å²) in [6.45, 7) is 1.11. The number of halogens is 2. The number of carboxylic acid groups (broad SMARTS) is 1. The third kappa shape index (κ3) is 6.53. The zero-order valence-electron chi connectivity index (χ0n) is 23.6. The van der Waals surface area contributed by atoms with Crippen LogP contribution < -0.4 is 0 Å². The average molecular weight is 580 g/mol. The lowest BCUT2D eigenvalue weighted by Crippen LogP contribution is -2.50. The van der Waals surface area contributed by atoms with Gasteiger partial charge in [0.15, 0.2) is 0 Å². The quantitative estimate of drug-likeness (QED) is 0.234. The molecule has 8 heteroatoms. The monoisotopic (exact) mass is 579 g/mol. The van der Waals surface area contributed by atoms with Crippen LogP contribution in [-0.2, 0) is 24.1 Å². The average Bonchev–Trinajstić information content (AvgIpc) is 2.96. The van der Waals surface area contributed by atoms with Crippen molar-refractivity contribution in [3.05, 3.63) is 118 Å². The fourth-order valence-electron chi connectivity index (χ4n) is 5.78. The first-order valence-electron chi connectivity index (χ1n) is 14.5. The van der Waals surface area contributed by atoms with E-state index in [2.05, 4.69) is 6.08 Å². The van der Waals surface area contributed by atoms with E-state index in [9.17, 15) is 18.4 Å². The maximum atomic E-state index is 13.7. The maximum Gasteiger partial charge on any atom is 0.307 e. The van der Waals surface area contributed by atoms with Crippen LogP contribution in [0.5, 0.6) is 0 Å². The number of carbonyl (C=O) groups is 2. The van der Waals surface area contributed by atoms with Gasteiger partial charge in [-0.25, -0.2) is 18.7 Å². The number of carboxylic acids is 1. The summed E-state index contributed by atoms with van der Waals surface area (Å²) in [5.74, 6) is -1.24. The molecule has 0 unspecified atom stereocenters. The molecule has 0 bridgehead atoms. The van der Waals surface area contributed by atoms with Crippen LogP contribution in [0.25, 0.3) is 22.3 Å². The molecular formula is C35H31F2N3O3. The van der Waals surface area contributed by atoms with Crippen LogP contribution in [0.4, 0.5) is 8.78 Å². The Morgan fingerprint density at radius 3 is 2.47 bits per heavy atom. The highest BCUT2D eigenvalue weighted by molar-refractivity contribution is 5.98. The van der Waals surface area contributed by atoms with Gasteiger partial charge in [0, 0.05) is 36.6 Å². The van der Waals surface area contributed by atoms with Gasteiger partial charge >= 0.3 is 5.97 Å². The largest absolute Gasteiger partial charge is 0.481 e. The van der Waals surface area contributed by atoms with Crippen LogP contribution in [0, 0.1) is 11.7 Å². The highest BCUT2D eigenvalue weighted by Gasteiger charge is 2.33. The number of carbonyl (C=O) groups excluding carboxylic acids is 1. The molecule has 2 aliphatic rings.